The van der Waals surface area contributed by atoms with Crippen LogP contribution in [0.3, 0.4) is 0 Å². The average molecular weight is 271 g/mol. The Morgan fingerprint density at radius 1 is 1.10 bits per heavy atom. The van der Waals surface area contributed by atoms with Crippen LogP contribution in [0.5, 0.6) is 0 Å². The van der Waals surface area contributed by atoms with E-state index in [4.69, 9.17) is 4.42 Å². The Balaban J connectivity index is 1.90. The van der Waals surface area contributed by atoms with Crippen LogP contribution < -0.4 is 16.6 Å². The van der Waals surface area contributed by atoms with Gasteiger partial charge in [0.2, 0.25) is 5.56 Å². The van der Waals surface area contributed by atoms with Crippen molar-refractivity contribution in [3.05, 3.63) is 63.0 Å². The molecular formula is C13H9N3O4. The first-order chi connectivity index (χ1) is 9.61. The van der Waals surface area contributed by atoms with E-state index in [0.29, 0.717) is 16.8 Å². The minimum atomic E-state index is -0.559. The van der Waals surface area contributed by atoms with E-state index in [-0.39, 0.29) is 11.3 Å². The fraction of sp³-hybridized carbons (Fsp3) is 0. The van der Waals surface area contributed by atoms with Crippen LogP contribution in [-0.2, 0) is 0 Å². The number of anilines is 1. The molecule has 7 nitrogen and oxygen atoms in total. The zero-order chi connectivity index (χ0) is 14.1. The number of amides is 1. The molecule has 0 saturated heterocycles. The number of oxazole rings is 1. The summed E-state index contributed by atoms with van der Waals surface area (Å²) in [6.45, 7) is 0. The minimum absolute atomic E-state index is 0.151. The lowest BCUT2D eigenvalue weighted by molar-refractivity contribution is 0.102. The molecule has 0 saturated carbocycles. The highest BCUT2D eigenvalue weighted by Gasteiger charge is 2.08. The van der Waals surface area contributed by atoms with Gasteiger partial charge in [0.25, 0.3) is 5.91 Å². The van der Waals surface area contributed by atoms with Gasteiger partial charge in [0.05, 0.1) is 5.52 Å². The maximum atomic E-state index is 11.9. The summed E-state index contributed by atoms with van der Waals surface area (Å²) in [4.78, 5) is 39.0. The Kier molecular flexibility index (Phi) is 2.72. The van der Waals surface area contributed by atoms with Crippen molar-refractivity contribution in [3.8, 4) is 0 Å². The number of hydrogen-bond acceptors (Lipinski definition) is 4. The fourth-order valence-corrected chi connectivity index (χ4v) is 1.81. The van der Waals surface area contributed by atoms with E-state index in [1.807, 2.05) is 0 Å². The van der Waals surface area contributed by atoms with Crippen LogP contribution in [0.1, 0.15) is 10.5 Å². The highest BCUT2D eigenvalue weighted by molar-refractivity contribution is 6.03. The molecule has 3 aromatic rings. The van der Waals surface area contributed by atoms with Crippen molar-refractivity contribution in [3.63, 3.8) is 0 Å². The van der Waals surface area contributed by atoms with Crippen LogP contribution >= 0.6 is 0 Å². The van der Waals surface area contributed by atoms with Crippen molar-refractivity contribution in [1.82, 2.24) is 9.97 Å². The predicted molar refractivity (Wildman–Crippen MR) is 71.9 cm³/mol. The summed E-state index contributed by atoms with van der Waals surface area (Å²) in [5.74, 6) is -1.01. The summed E-state index contributed by atoms with van der Waals surface area (Å²) in [5.41, 5.74) is 1.16. The van der Waals surface area contributed by atoms with Crippen molar-refractivity contribution in [2.75, 3.05) is 5.32 Å². The van der Waals surface area contributed by atoms with E-state index in [2.05, 4.69) is 15.3 Å². The number of aromatic amines is 2. The highest BCUT2D eigenvalue weighted by atomic mass is 16.4. The Hall–Kier alpha value is -3.09. The van der Waals surface area contributed by atoms with E-state index in [0.717, 1.165) is 0 Å². The van der Waals surface area contributed by atoms with Gasteiger partial charge in [-0.2, -0.15) is 0 Å². The normalized spacial score (nSPS) is 10.6. The van der Waals surface area contributed by atoms with Gasteiger partial charge in [0.1, 0.15) is 5.69 Å². The molecule has 0 radical (unpaired) electrons. The van der Waals surface area contributed by atoms with Crippen molar-refractivity contribution in [2.45, 2.75) is 0 Å². The smallest absolute Gasteiger partial charge is 0.408 e. The molecule has 3 N–H and O–H groups in total. The maximum absolute atomic E-state index is 11.9. The first-order valence-electron chi connectivity index (χ1n) is 5.75. The number of fused-ring (bicyclic) bond motifs is 1. The molecule has 7 heteroatoms. The second-order valence-corrected chi connectivity index (χ2v) is 4.11. The molecule has 2 aromatic heterocycles. The van der Waals surface area contributed by atoms with Crippen LogP contribution in [0.25, 0.3) is 11.1 Å². The maximum Gasteiger partial charge on any atom is 0.417 e. The molecule has 0 aliphatic heterocycles. The molecular weight excluding hydrogens is 262 g/mol. The van der Waals surface area contributed by atoms with Crippen molar-refractivity contribution in [1.29, 1.82) is 0 Å². The van der Waals surface area contributed by atoms with E-state index >= 15 is 0 Å². The Morgan fingerprint density at radius 3 is 2.75 bits per heavy atom. The quantitative estimate of drug-likeness (QED) is 0.647. The topological polar surface area (TPSA) is 108 Å². The van der Waals surface area contributed by atoms with Crippen LogP contribution in [0.4, 0.5) is 5.69 Å². The second-order valence-electron chi connectivity index (χ2n) is 4.11. The average Bonchev–Trinajstić information content (AvgIpc) is 2.78. The van der Waals surface area contributed by atoms with Crippen molar-refractivity contribution < 1.29 is 9.21 Å². The third-order valence-corrected chi connectivity index (χ3v) is 2.69. The van der Waals surface area contributed by atoms with Crippen LogP contribution in [-0.4, -0.2) is 15.9 Å². The molecule has 1 amide bonds. The number of H-pyrrole nitrogens is 2. The third-order valence-electron chi connectivity index (χ3n) is 2.69. The summed E-state index contributed by atoms with van der Waals surface area (Å²) in [6, 6.07) is 9.03. The molecule has 100 valence electrons. The van der Waals surface area contributed by atoms with Crippen molar-refractivity contribution in [2.24, 2.45) is 0 Å². The van der Waals surface area contributed by atoms with Crippen LogP contribution in [0, 0.1) is 0 Å². The number of benzene rings is 1. The Morgan fingerprint density at radius 2 is 1.95 bits per heavy atom. The predicted octanol–water partition coefficient (Wildman–Crippen LogP) is 1.06. The molecule has 20 heavy (non-hydrogen) atoms. The molecule has 0 aliphatic rings. The zero-order valence-electron chi connectivity index (χ0n) is 10.1. The van der Waals surface area contributed by atoms with Gasteiger partial charge in [0.15, 0.2) is 5.58 Å². The number of rotatable bonds is 2. The van der Waals surface area contributed by atoms with Gasteiger partial charge in [-0.25, -0.2) is 4.79 Å². The van der Waals surface area contributed by atoms with Gasteiger partial charge in [-0.05, 0) is 24.3 Å². The lowest BCUT2D eigenvalue weighted by atomic mass is 10.2. The third kappa shape index (κ3) is 2.24. The van der Waals surface area contributed by atoms with Crippen LogP contribution in [0.2, 0.25) is 0 Å². The number of carbonyl (C=O) groups is 1. The summed E-state index contributed by atoms with van der Waals surface area (Å²) in [5, 5.41) is 2.61. The van der Waals surface area contributed by atoms with E-state index in [1.54, 1.807) is 18.2 Å². The fourth-order valence-electron chi connectivity index (χ4n) is 1.81. The van der Waals surface area contributed by atoms with E-state index in [9.17, 15) is 14.4 Å². The van der Waals surface area contributed by atoms with Gasteiger partial charge < -0.3 is 14.7 Å². The standard InChI is InChI=1S/C13H9N3O4/c17-11-3-1-2-8(15-11)12(18)14-7-4-5-10-9(6-7)16-13(19)20-10/h1-6H,(H,14,18)(H,15,17)(H,16,19). The number of nitrogens with one attached hydrogen (secondary N) is 3. The SMILES string of the molecule is O=C(Nc1ccc2oc(=O)[nH]c2c1)c1cccc(=O)[nH]1. The first-order valence-corrected chi connectivity index (χ1v) is 5.75. The number of pyridine rings is 1. The largest absolute Gasteiger partial charge is 0.417 e. The second kappa shape index (κ2) is 4.54. The summed E-state index contributed by atoms with van der Waals surface area (Å²) >= 11 is 0. The summed E-state index contributed by atoms with van der Waals surface area (Å²) in [6.07, 6.45) is 0. The summed E-state index contributed by atoms with van der Waals surface area (Å²) in [7, 11) is 0. The van der Waals surface area contributed by atoms with Gasteiger partial charge >= 0.3 is 5.76 Å². The molecule has 0 unspecified atom stereocenters. The molecule has 0 bridgehead atoms. The molecule has 0 fully saturated rings. The molecule has 2 heterocycles. The van der Waals surface area contributed by atoms with Gasteiger partial charge in [-0.1, -0.05) is 6.07 Å². The molecule has 1 aromatic carbocycles. The van der Waals surface area contributed by atoms with Gasteiger partial charge in [-0.15, -0.1) is 0 Å². The first kappa shape index (κ1) is 12.0. The Bertz CT molecular complexity index is 903. The van der Waals surface area contributed by atoms with Crippen LogP contribution in [0.15, 0.2) is 50.4 Å². The Labute approximate surface area is 111 Å². The molecule has 3 rings (SSSR count). The lowest BCUT2D eigenvalue weighted by Gasteiger charge is -2.04. The molecule has 0 spiro atoms. The zero-order valence-corrected chi connectivity index (χ0v) is 10.1. The molecule has 0 atom stereocenters. The van der Waals surface area contributed by atoms with Gasteiger partial charge in [-0.3, -0.25) is 14.6 Å². The minimum Gasteiger partial charge on any atom is -0.408 e. The van der Waals surface area contributed by atoms with Gasteiger partial charge in [0, 0.05) is 11.8 Å². The van der Waals surface area contributed by atoms with E-state index < -0.39 is 11.7 Å². The van der Waals surface area contributed by atoms with E-state index in [1.165, 1.54) is 18.2 Å². The summed E-state index contributed by atoms with van der Waals surface area (Å²) < 4.78 is 4.86. The monoisotopic (exact) mass is 271 g/mol. The number of carbonyl (C=O) groups excluding carboxylic acids is 1. The van der Waals surface area contributed by atoms with Crippen molar-refractivity contribution >= 4 is 22.7 Å². The highest BCUT2D eigenvalue weighted by Crippen LogP contribution is 2.16. The number of hydrogen-bond donors (Lipinski definition) is 3. The number of aromatic nitrogens is 2. The molecule has 0 aliphatic carbocycles. The lowest BCUT2D eigenvalue weighted by Crippen LogP contribution is -2.17.